The van der Waals surface area contributed by atoms with E-state index in [1.54, 1.807) is 0 Å². The molecule has 6 aromatic carbocycles. The molecule has 0 fully saturated rings. The van der Waals surface area contributed by atoms with Gasteiger partial charge in [0, 0.05) is 23.8 Å². The lowest BCUT2D eigenvalue weighted by Gasteiger charge is -2.33. The van der Waals surface area contributed by atoms with Gasteiger partial charge in [-0.25, -0.2) is 0 Å². The number of hydrogen-bond donors (Lipinski definition) is 0. The highest BCUT2D eigenvalue weighted by molar-refractivity contribution is 6.14. The third-order valence-electron chi connectivity index (χ3n) is 11.3. The number of rotatable bonds is 1. The van der Waals surface area contributed by atoms with Crippen molar-refractivity contribution in [2.24, 2.45) is 0 Å². The molecule has 224 valence electrons. The van der Waals surface area contributed by atoms with E-state index in [1.807, 2.05) is 0 Å². The van der Waals surface area contributed by atoms with Crippen LogP contribution in [0.5, 0.6) is 11.5 Å². The van der Waals surface area contributed by atoms with E-state index in [0.29, 0.717) is 0 Å². The van der Waals surface area contributed by atoms with E-state index < -0.39 is 5.66 Å². The van der Waals surface area contributed by atoms with Crippen LogP contribution in [0.4, 0.5) is 0 Å². The van der Waals surface area contributed by atoms with Crippen molar-refractivity contribution in [2.75, 3.05) is 0 Å². The molecular formula is C43H28N4O+2. The zero-order valence-corrected chi connectivity index (χ0v) is 26.4. The smallest absolute Gasteiger partial charge is 0.397 e. The van der Waals surface area contributed by atoms with E-state index in [-0.39, 0.29) is 0 Å². The Morgan fingerprint density at radius 1 is 0.625 bits per heavy atom. The van der Waals surface area contributed by atoms with Gasteiger partial charge in [-0.05, 0) is 82.6 Å². The molecule has 0 radical (unpaired) electrons. The molecule has 0 saturated carbocycles. The summed E-state index contributed by atoms with van der Waals surface area (Å²) in [5, 5.41) is 7.57. The number of para-hydroxylation sites is 1. The zero-order valence-electron chi connectivity index (χ0n) is 26.4. The molecule has 3 aliphatic rings. The van der Waals surface area contributed by atoms with Crippen molar-refractivity contribution in [1.82, 2.24) is 9.25 Å². The Morgan fingerprint density at radius 3 is 2.27 bits per heavy atom. The van der Waals surface area contributed by atoms with Gasteiger partial charge < -0.3 is 4.74 Å². The van der Waals surface area contributed by atoms with Crippen molar-refractivity contribution >= 4 is 43.4 Å². The lowest BCUT2D eigenvalue weighted by atomic mass is 9.83. The van der Waals surface area contributed by atoms with Crippen LogP contribution in [0.3, 0.4) is 0 Å². The van der Waals surface area contributed by atoms with E-state index in [4.69, 9.17) is 4.74 Å². The quantitative estimate of drug-likeness (QED) is 0.134. The highest BCUT2D eigenvalue weighted by Crippen LogP contribution is 2.56. The minimum atomic E-state index is -0.709. The predicted molar refractivity (Wildman–Crippen MR) is 189 cm³/mol. The van der Waals surface area contributed by atoms with Gasteiger partial charge in [0.2, 0.25) is 5.69 Å². The fraction of sp³-hybridized carbons (Fsp3) is 0.0698. The molecule has 1 atom stereocenters. The molecular weight excluding hydrogens is 589 g/mol. The average molecular weight is 617 g/mol. The second-order valence-electron chi connectivity index (χ2n) is 13.4. The number of fused-ring (bicyclic) bond motifs is 10. The number of pyridine rings is 1. The third kappa shape index (κ3) is 2.57. The number of ether oxygens (including phenoxy) is 1. The van der Waals surface area contributed by atoms with Crippen molar-refractivity contribution in [3.05, 3.63) is 156 Å². The van der Waals surface area contributed by atoms with Gasteiger partial charge in [0.25, 0.3) is 5.82 Å². The third-order valence-corrected chi connectivity index (χ3v) is 11.3. The summed E-state index contributed by atoms with van der Waals surface area (Å²) in [7, 11) is 0. The Morgan fingerprint density at radius 2 is 1.38 bits per heavy atom. The minimum Gasteiger partial charge on any atom is -0.456 e. The van der Waals surface area contributed by atoms with Crippen molar-refractivity contribution in [2.45, 2.75) is 19.5 Å². The standard InChI is InChI=1S/C43H28N4O/c1-25-39(33-24-27-12-3-4-13-28(27)29-14-5-6-15-30(29)33)26(2)47-43-40-35(46(25)47)18-11-19-36(40)48-37-22-21-32-31-16-7-8-17-34(31)45(42(32)41(37)43)38-20-9-10-23-44(38)43/h3-24H,1-2H3/q+2. The molecule has 0 aliphatic carbocycles. The van der Waals surface area contributed by atoms with Gasteiger partial charge in [0.1, 0.15) is 28.3 Å². The maximum absolute atomic E-state index is 6.89. The normalized spacial score (nSPS) is 16.4. The van der Waals surface area contributed by atoms with Crippen LogP contribution < -0.4 is 14.0 Å². The predicted octanol–water partition coefficient (Wildman–Crippen LogP) is 8.77. The first kappa shape index (κ1) is 25.0. The molecule has 5 nitrogen and oxygen atoms in total. The number of hydrogen-bond acceptors (Lipinski definition) is 1. The number of aromatic nitrogens is 4. The lowest BCUT2D eigenvalue weighted by molar-refractivity contribution is -0.995. The van der Waals surface area contributed by atoms with E-state index in [0.717, 1.165) is 23.0 Å². The Labute approximate surface area is 275 Å². The molecule has 12 rings (SSSR count). The highest BCUT2D eigenvalue weighted by Gasteiger charge is 2.69. The topological polar surface area (TPSA) is 26.8 Å². The first-order chi connectivity index (χ1) is 23.7. The minimum absolute atomic E-state index is 0.709. The monoisotopic (exact) mass is 616 g/mol. The van der Waals surface area contributed by atoms with Gasteiger partial charge in [-0.3, -0.25) is 0 Å². The Hall–Kier alpha value is -6.20. The average Bonchev–Trinajstić information content (AvgIpc) is 3.73. The van der Waals surface area contributed by atoms with Crippen LogP contribution in [0.1, 0.15) is 22.5 Å². The molecule has 1 spiro atoms. The van der Waals surface area contributed by atoms with Crippen LogP contribution in [-0.2, 0) is 5.66 Å². The van der Waals surface area contributed by atoms with Crippen LogP contribution in [0.15, 0.2) is 134 Å². The SMILES string of the molecule is Cc1c(-c2cc3ccccc3c3ccccc23)c(C)[n+]2n1-c1cccc3c1C21c2c(ccc4c5ccccc5n(c24)-c2cccc[n+]21)O3. The van der Waals surface area contributed by atoms with E-state index in [9.17, 15) is 0 Å². The van der Waals surface area contributed by atoms with E-state index in [2.05, 4.69) is 166 Å². The van der Waals surface area contributed by atoms with Crippen LogP contribution in [0.2, 0.25) is 0 Å². The Kier molecular flexibility index (Phi) is 4.26. The largest absolute Gasteiger partial charge is 0.456 e. The van der Waals surface area contributed by atoms with Gasteiger partial charge in [-0.2, -0.15) is 9.13 Å². The fourth-order valence-electron chi connectivity index (χ4n) is 9.62. The molecule has 6 heterocycles. The summed E-state index contributed by atoms with van der Waals surface area (Å²) in [6, 6.07) is 46.4. The zero-order chi connectivity index (χ0) is 31.5. The summed E-state index contributed by atoms with van der Waals surface area (Å²) in [6.45, 7) is 4.60. The van der Waals surface area contributed by atoms with Crippen LogP contribution in [0.25, 0.3) is 66.0 Å². The Balaban J connectivity index is 1.31. The summed E-state index contributed by atoms with van der Waals surface area (Å²) < 4.78 is 16.9. The summed E-state index contributed by atoms with van der Waals surface area (Å²) in [4.78, 5) is 0. The maximum Gasteiger partial charge on any atom is 0.397 e. The van der Waals surface area contributed by atoms with Gasteiger partial charge in [0.15, 0.2) is 11.1 Å². The van der Waals surface area contributed by atoms with E-state index >= 15 is 0 Å². The van der Waals surface area contributed by atoms with Gasteiger partial charge in [-0.15, -0.1) is 4.68 Å². The van der Waals surface area contributed by atoms with Crippen LogP contribution in [0, 0.1) is 13.8 Å². The molecule has 3 aromatic heterocycles. The number of benzene rings is 6. The van der Waals surface area contributed by atoms with Crippen LogP contribution >= 0.6 is 0 Å². The lowest BCUT2D eigenvalue weighted by Crippen LogP contribution is -2.77. The second-order valence-corrected chi connectivity index (χ2v) is 13.4. The van der Waals surface area contributed by atoms with Crippen molar-refractivity contribution in [3.63, 3.8) is 0 Å². The number of nitrogens with zero attached hydrogens (tertiary/aromatic N) is 4. The van der Waals surface area contributed by atoms with E-state index in [1.165, 1.54) is 77.0 Å². The van der Waals surface area contributed by atoms with Crippen LogP contribution in [-0.4, -0.2) is 9.25 Å². The molecule has 0 saturated heterocycles. The Bertz CT molecular complexity index is 2960. The van der Waals surface area contributed by atoms with Gasteiger partial charge >= 0.3 is 5.66 Å². The molecule has 0 bridgehead atoms. The summed E-state index contributed by atoms with van der Waals surface area (Å²) in [6.07, 6.45) is 2.26. The molecule has 0 amide bonds. The van der Waals surface area contributed by atoms with Gasteiger partial charge in [0.05, 0.1) is 17.5 Å². The molecule has 3 aliphatic heterocycles. The highest BCUT2D eigenvalue weighted by atomic mass is 16.5. The van der Waals surface area contributed by atoms with Gasteiger partial charge in [-0.1, -0.05) is 77.5 Å². The summed E-state index contributed by atoms with van der Waals surface area (Å²) in [5.41, 5.74) is 10.2. The molecule has 5 heteroatoms. The second kappa shape index (κ2) is 8.20. The molecule has 1 unspecified atom stereocenters. The maximum atomic E-state index is 6.89. The first-order valence-corrected chi connectivity index (χ1v) is 16.6. The fourth-order valence-corrected chi connectivity index (χ4v) is 9.62. The summed E-state index contributed by atoms with van der Waals surface area (Å²) in [5.74, 6) is 2.93. The first-order valence-electron chi connectivity index (χ1n) is 16.6. The van der Waals surface area contributed by atoms with Crippen molar-refractivity contribution in [3.8, 4) is 34.1 Å². The molecule has 0 N–H and O–H groups in total. The van der Waals surface area contributed by atoms with Crippen molar-refractivity contribution < 1.29 is 14.0 Å². The summed E-state index contributed by atoms with van der Waals surface area (Å²) >= 11 is 0. The van der Waals surface area contributed by atoms with Crippen molar-refractivity contribution in [1.29, 1.82) is 0 Å². The molecule has 48 heavy (non-hydrogen) atoms. The molecule has 9 aromatic rings.